The molecule has 0 N–H and O–H groups in total. The van der Waals surface area contributed by atoms with Gasteiger partial charge in [-0.1, -0.05) is 28.1 Å². The van der Waals surface area contributed by atoms with Gasteiger partial charge in [0.15, 0.2) is 0 Å². The summed E-state index contributed by atoms with van der Waals surface area (Å²) in [7, 11) is 0. The highest BCUT2D eigenvalue weighted by Crippen LogP contribution is 2.74. The number of hydrogen-bond acceptors (Lipinski definition) is 2. The van der Waals surface area contributed by atoms with Crippen molar-refractivity contribution in [1.29, 1.82) is 0 Å². The largest absolute Gasteiger partial charge is 0.378 e. The van der Waals surface area contributed by atoms with Crippen molar-refractivity contribution in [2.45, 2.75) is 24.7 Å². The second-order valence-corrected chi connectivity index (χ2v) is 7.42. The van der Waals surface area contributed by atoms with Gasteiger partial charge in [0.2, 0.25) is 5.91 Å². The molecule has 1 saturated heterocycles. The molecule has 0 atom stereocenters. The zero-order valence-corrected chi connectivity index (χ0v) is 13.0. The lowest BCUT2D eigenvalue weighted by molar-refractivity contribution is -0.190. The molecule has 0 radical (unpaired) electrons. The zero-order valence-electron chi connectivity index (χ0n) is 11.4. The lowest BCUT2D eigenvalue weighted by atomic mass is 9.33. The van der Waals surface area contributed by atoms with Crippen LogP contribution in [0.15, 0.2) is 28.7 Å². The number of rotatable bonds is 2. The fourth-order valence-electron chi connectivity index (χ4n) is 4.23. The second kappa shape index (κ2) is 4.31. The standard InChI is InChI=1S/C16H18BrNO2/c17-13-3-1-12(2-4-13)15-9-16(10-15,11-15)14(19)18-5-7-20-8-6-18/h1-4H,5-11H2. The molecular formula is C16H18BrNO2. The fraction of sp³-hybridized carbons (Fsp3) is 0.562. The Kier molecular flexibility index (Phi) is 2.77. The van der Waals surface area contributed by atoms with E-state index in [-0.39, 0.29) is 5.41 Å². The summed E-state index contributed by atoms with van der Waals surface area (Å²) >= 11 is 3.48. The minimum atomic E-state index is -0.0373. The number of halogens is 1. The van der Waals surface area contributed by atoms with E-state index in [1.807, 2.05) is 4.90 Å². The van der Waals surface area contributed by atoms with Crippen LogP contribution in [-0.2, 0) is 14.9 Å². The molecule has 106 valence electrons. The smallest absolute Gasteiger partial charge is 0.229 e. The van der Waals surface area contributed by atoms with Crippen molar-refractivity contribution in [3.8, 4) is 0 Å². The molecule has 1 aromatic rings. The van der Waals surface area contributed by atoms with Crippen molar-refractivity contribution >= 4 is 21.8 Å². The summed E-state index contributed by atoms with van der Waals surface area (Å²) in [5, 5.41) is 0. The first-order valence-corrected chi connectivity index (χ1v) is 8.06. The monoisotopic (exact) mass is 335 g/mol. The Bertz CT molecular complexity index is 528. The van der Waals surface area contributed by atoms with Gasteiger partial charge in [0.1, 0.15) is 0 Å². The lowest BCUT2D eigenvalue weighted by Gasteiger charge is -2.70. The molecule has 3 aliphatic carbocycles. The molecule has 4 aliphatic rings. The van der Waals surface area contributed by atoms with E-state index in [1.165, 1.54) is 5.56 Å². The van der Waals surface area contributed by atoms with E-state index < -0.39 is 0 Å². The molecule has 0 aromatic heterocycles. The molecule has 4 fully saturated rings. The van der Waals surface area contributed by atoms with Gasteiger partial charge in [0.05, 0.1) is 18.6 Å². The van der Waals surface area contributed by atoms with Crippen LogP contribution in [0.1, 0.15) is 24.8 Å². The summed E-state index contributed by atoms with van der Waals surface area (Å²) in [6.45, 7) is 2.93. The molecule has 0 spiro atoms. The van der Waals surface area contributed by atoms with Crippen LogP contribution in [0.4, 0.5) is 0 Å². The molecule has 1 aromatic carbocycles. The molecule has 4 heteroatoms. The predicted octanol–water partition coefficient (Wildman–Crippen LogP) is 2.73. The van der Waals surface area contributed by atoms with E-state index in [4.69, 9.17) is 4.74 Å². The maximum atomic E-state index is 12.6. The predicted molar refractivity (Wildman–Crippen MR) is 79.5 cm³/mol. The lowest BCUT2D eigenvalue weighted by Crippen LogP contribution is -2.70. The maximum Gasteiger partial charge on any atom is 0.229 e. The normalized spacial score (nSPS) is 35.1. The summed E-state index contributed by atoms with van der Waals surface area (Å²) in [4.78, 5) is 14.6. The summed E-state index contributed by atoms with van der Waals surface area (Å²) in [6.07, 6.45) is 3.12. The van der Waals surface area contributed by atoms with Crippen molar-refractivity contribution in [3.05, 3.63) is 34.3 Å². The van der Waals surface area contributed by atoms with E-state index >= 15 is 0 Å². The molecule has 20 heavy (non-hydrogen) atoms. The molecule has 5 rings (SSSR count). The van der Waals surface area contributed by atoms with E-state index in [0.717, 1.165) is 36.8 Å². The van der Waals surface area contributed by atoms with Gasteiger partial charge >= 0.3 is 0 Å². The Labute approximate surface area is 127 Å². The number of ether oxygens (including phenoxy) is 1. The van der Waals surface area contributed by atoms with Gasteiger partial charge in [0.25, 0.3) is 0 Å². The number of amides is 1. The minimum absolute atomic E-state index is 0.0373. The van der Waals surface area contributed by atoms with Crippen LogP contribution in [0.3, 0.4) is 0 Å². The molecule has 3 nitrogen and oxygen atoms in total. The van der Waals surface area contributed by atoms with Gasteiger partial charge in [-0.05, 0) is 42.4 Å². The number of carbonyl (C=O) groups excluding carboxylic acids is 1. The van der Waals surface area contributed by atoms with Gasteiger partial charge in [-0.25, -0.2) is 0 Å². The third-order valence-electron chi connectivity index (χ3n) is 5.24. The second-order valence-electron chi connectivity index (χ2n) is 6.50. The Balaban J connectivity index is 1.46. The summed E-state index contributed by atoms with van der Waals surface area (Å²) in [5.74, 6) is 0.375. The minimum Gasteiger partial charge on any atom is -0.378 e. The number of nitrogens with zero attached hydrogens (tertiary/aromatic N) is 1. The Morgan fingerprint density at radius 2 is 1.70 bits per heavy atom. The quantitative estimate of drug-likeness (QED) is 0.831. The zero-order chi connectivity index (χ0) is 13.8. The first-order valence-electron chi connectivity index (χ1n) is 7.27. The van der Waals surface area contributed by atoms with Gasteiger partial charge in [-0.2, -0.15) is 0 Å². The molecule has 1 heterocycles. The fourth-order valence-corrected chi connectivity index (χ4v) is 4.49. The van der Waals surface area contributed by atoms with Crippen LogP contribution < -0.4 is 0 Å². The maximum absolute atomic E-state index is 12.6. The third kappa shape index (κ3) is 1.70. The highest BCUT2D eigenvalue weighted by atomic mass is 79.9. The first-order chi connectivity index (χ1) is 9.64. The average Bonchev–Trinajstić information content (AvgIpc) is 2.39. The highest BCUT2D eigenvalue weighted by Gasteiger charge is 2.72. The SMILES string of the molecule is O=C(N1CCOCC1)C12CC(c3ccc(Br)cc3)(C1)C2. The molecule has 2 bridgehead atoms. The van der Waals surface area contributed by atoms with Crippen LogP contribution >= 0.6 is 15.9 Å². The number of benzene rings is 1. The van der Waals surface area contributed by atoms with E-state index in [9.17, 15) is 4.79 Å². The van der Waals surface area contributed by atoms with Crippen molar-refractivity contribution in [1.82, 2.24) is 4.90 Å². The number of morpholine rings is 1. The van der Waals surface area contributed by atoms with E-state index in [2.05, 4.69) is 40.2 Å². The van der Waals surface area contributed by atoms with Crippen molar-refractivity contribution in [2.24, 2.45) is 5.41 Å². The average molecular weight is 336 g/mol. The Hall–Kier alpha value is -0.870. The van der Waals surface area contributed by atoms with E-state index in [0.29, 0.717) is 24.5 Å². The van der Waals surface area contributed by atoms with Gasteiger partial charge in [-0.3, -0.25) is 4.79 Å². The topological polar surface area (TPSA) is 29.5 Å². The highest BCUT2D eigenvalue weighted by molar-refractivity contribution is 9.10. The van der Waals surface area contributed by atoms with Crippen LogP contribution in [0.5, 0.6) is 0 Å². The van der Waals surface area contributed by atoms with Crippen LogP contribution in [0.2, 0.25) is 0 Å². The third-order valence-corrected chi connectivity index (χ3v) is 5.77. The van der Waals surface area contributed by atoms with Crippen molar-refractivity contribution < 1.29 is 9.53 Å². The van der Waals surface area contributed by atoms with Crippen LogP contribution in [0.25, 0.3) is 0 Å². The summed E-state index contributed by atoms with van der Waals surface area (Å²) < 4.78 is 6.45. The van der Waals surface area contributed by atoms with Crippen molar-refractivity contribution in [2.75, 3.05) is 26.3 Å². The van der Waals surface area contributed by atoms with Gasteiger partial charge in [-0.15, -0.1) is 0 Å². The van der Waals surface area contributed by atoms with Gasteiger partial charge in [0, 0.05) is 17.6 Å². The van der Waals surface area contributed by atoms with E-state index in [1.54, 1.807) is 0 Å². The Morgan fingerprint density at radius 3 is 2.30 bits per heavy atom. The Morgan fingerprint density at radius 1 is 1.10 bits per heavy atom. The summed E-state index contributed by atoms with van der Waals surface area (Å²) in [5.41, 5.74) is 1.66. The van der Waals surface area contributed by atoms with Crippen LogP contribution in [-0.4, -0.2) is 37.1 Å². The molecule has 0 unspecified atom stereocenters. The molecule has 1 amide bonds. The summed E-state index contributed by atoms with van der Waals surface area (Å²) in [6, 6.07) is 8.61. The number of hydrogen-bond donors (Lipinski definition) is 0. The van der Waals surface area contributed by atoms with Crippen molar-refractivity contribution in [3.63, 3.8) is 0 Å². The molecular weight excluding hydrogens is 318 g/mol. The first kappa shape index (κ1) is 12.8. The van der Waals surface area contributed by atoms with Gasteiger partial charge < -0.3 is 9.64 Å². The molecule has 1 aliphatic heterocycles. The van der Waals surface area contributed by atoms with Crippen LogP contribution in [0, 0.1) is 5.41 Å². The molecule has 3 saturated carbocycles. The number of carbonyl (C=O) groups is 1.